The van der Waals surface area contributed by atoms with Gasteiger partial charge in [-0.05, 0) is 43.3 Å². The van der Waals surface area contributed by atoms with Crippen LogP contribution in [-0.2, 0) is 4.79 Å². The standard InChI is InChI=1S/C17H18FNO2S/c1-13(21-15-9-7-14(18)8-10-15)17(20)19-11-12-22-16-5-3-2-4-6-16/h2-10,13H,11-12H2,1H3,(H,19,20). The van der Waals surface area contributed by atoms with Crippen molar-refractivity contribution < 1.29 is 13.9 Å². The van der Waals surface area contributed by atoms with Crippen LogP contribution in [0, 0.1) is 5.82 Å². The first kappa shape index (κ1) is 16.4. The minimum absolute atomic E-state index is 0.182. The number of benzene rings is 2. The van der Waals surface area contributed by atoms with Gasteiger partial charge in [0, 0.05) is 17.2 Å². The number of hydrogen-bond acceptors (Lipinski definition) is 3. The van der Waals surface area contributed by atoms with Crippen molar-refractivity contribution >= 4 is 17.7 Å². The first-order valence-corrected chi connectivity index (χ1v) is 8.01. The summed E-state index contributed by atoms with van der Waals surface area (Å²) >= 11 is 1.68. The summed E-state index contributed by atoms with van der Waals surface area (Å²) < 4.78 is 18.3. The molecule has 3 nitrogen and oxygen atoms in total. The molecule has 1 amide bonds. The van der Waals surface area contributed by atoms with Gasteiger partial charge >= 0.3 is 0 Å². The van der Waals surface area contributed by atoms with Crippen LogP contribution >= 0.6 is 11.8 Å². The number of rotatable bonds is 7. The average Bonchev–Trinajstić information content (AvgIpc) is 2.54. The number of thioether (sulfide) groups is 1. The predicted molar refractivity (Wildman–Crippen MR) is 86.7 cm³/mol. The molecule has 0 aliphatic carbocycles. The van der Waals surface area contributed by atoms with Crippen LogP contribution in [0.2, 0.25) is 0 Å². The lowest BCUT2D eigenvalue weighted by Crippen LogP contribution is -2.37. The van der Waals surface area contributed by atoms with Gasteiger partial charge in [0.2, 0.25) is 0 Å². The molecule has 0 spiro atoms. The van der Waals surface area contributed by atoms with E-state index in [1.807, 2.05) is 30.3 Å². The molecule has 1 unspecified atom stereocenters. The van der Waals surface area contributed by atoms with Gasteiger partial charge in [0.25, 0.3) is 5.91 Å². The fourth-order valence-electron chi connectivity index (χ4n) is 1.77. The molecule has 1 atom stereocenters. The van der Waals surface area contributed by atoms with E-state index in [2.05, 4.69) is 5.32 Å². The first-order valence-electron chi connectivity index (χ1n) is 7.03. The van der Waals surface area contributed by atoms with Gasteiger partial charge in [0.1, 0.15) is 11.6 Å². The van der Waals surface area contributed by atoms with Crippen molar-refractivity contribution in [3.8, 4) is 5.75 Å². The van der Waals surface area contributed by atoms with Gasteiger partial charge in [-0.15, -0.1) is 11.8 Å². The van der Waals surface area contributed by atoms with Gasteiger partial charge < -0.3 is 10.1 Å². The molecule has 0 bridgehead atoms. The highest BCUT2D eigenvalue weighted by atomic mass is 32.2. The number of nitrogens with one attached hydrogen (secondary N) is 1. The van der Waals surface area contributed by atoms with Crippen molar-refractivity contribution in [1.29, 1.82) is 0 Å². The average molecular weight is 319 g/mol. The number of carbonyl (C=O) groups excluding carboxylic acids is 1. The predicted octanol–water partition coefficient (Wildman–Crippen LogP) is 3.50. The summed E-state index contributed by atoms with van der Waals surface area (Å²) in [5, 5.41) is 2.83. The maximum absolute atomic E-state index is 12.8. The number of carbonyl (C=O) groups is 1. The molecule has 116 valence electrons. The Bertz CT molecular complexity index is 589. The molecule has 2 rings (SSSR count). The van der Waals surface area contributed by atoms with Crippen LogP contribution in [0.25, 0.3) is 0 Å². The van der Waals surface area contributed by atoms with Gasteiger partial charge in [0.15, 0.2) is 6.10 Å². The van der Waals surface area contributed by atoms with E-state index in [-0.39, 0.29) is 11.7 Å². The van der Waals surface area contributed by atoms with Crippen LogP contribution in [0.1, 0.15) is 6.92 Å². The van der Waals surface area contributed by atoms with Crippen LogP contribution in [0.5, 0.6) is 5.75 Å². The molecule has 0 aromatic heterocycles. The second-order valence-electron chi connectivity index (χ2n) is 4.67. The second-order valence-corrected chi connectivity index (χ2v) is 5.83. The number of hydrogen-bond donors (Lipinski definition) is 1. The Morgan fingerprint density at radius 1 is 1.18 bits per heavy atom. The molecule has 1 N–H and O–H groups in total. The largest absolute Gasteiger partial charge is 0.481 e. The molecule has 0 radical (unpaired) electrons. The highest BCUT2D eigenvalue weighted by molar-refractivity contribution is 7.99. The van der Waals surface area contributed by atoms with Crippen LogP contribution in [0.15, 0.2) is 59.5 Å². The highest BCUT2D eigenvalue weighted by Gasteiger charge is 2.13. The van der Waals surface area contributed by atoms with E-state index in [1.165, 1.54) is 29.2 Å². The summed E-state index contributed by atoms with van der Waals surface area (Å²) in [4.78, 5) is 13.1. The Balaban J connectivity index is 1.69. The minimum Gasteiger partial charge on any atom is -0.481 e. The molecule has 0 aliphatic heterocycles. The smallest absolute Gasteiger partial charge is 0.260 e. The summed E-state index contributed by atoms with van der Waals surface area (Å²) in [5.74, 6) is 0.752. The quantitative estimate of drug-likeness (QED) is 0.627. The summed E-state index contributed by atoms with van der Waals surface area (Å²) in [6, 6.07) is 15.6. The molecule has 0 saturated carbocycles. The normalized spacial score (nSPS) is 11.7. The van der Waals surface area contributed by atoms with Gasteiger partial charge in [-0.25, -0.2) is 4.39 Å². The minimum atomic E-state index is -0.618. The van der Waals surface area contributed by atoms with Crippen molar-refractivity contribution in [3.05, 3.63) is 60.4 Å². The zero-order valence-corrected chi connectivity index (χ0v) is 13.1. The Morgan fingerprint density at radius 3 is 2.55 bits per heavy atom. The molecule has 0 aliphatic rings. The van der Waals surface area contributed by atoms with Crippen molar-refractivity contribution in [2.45, 2.75) is 17.9 Å². The van der Waals surface area contributed by atoms with E-state index in [9.17, 15) is 9.18 Å². The molecule has 0 saturated heterocycles. The van der Waals surface area contributed by atoms with Crippen molar-refractivity contribution in [3.63, 3.8) is 0 Å². The first-order chi connectivity index (χ1) is 10.6. The monoisotopic (exact) mass is 319 g/mol. The third-order valence-electron chi connectivity index (χ3n) is 2.91. The fourth-order valence-corrected chi connectivity index (χ4v) is 2.56. The van der Waals surface area contributed by atoms with Crippen LogP contribution < -0.4 is 10.1 Å². The SMILES string of the molecule is CC(Oc1ccc(F)cc1)C(=O)NCCSc1ccccc1. The van der Waals surface area contributed by atoms with Crippen LogP contribution in [0.3, 0.4) is 0 Å². The summed E-state index contributed by atoms with van der Waals surface area (Å²) in [7, 11) is 0. The molecule has 5 heteroatoms. The van der Waals surface area contributed by atoms with E-state index in [4.69, 9.17) is 4.74 Å². The third-order valence-corrected chi connectivity index (χ3v) is 3.92. The summed E-state index contributed by atoms with van der Waals surface area (Å²) in [5.41, 5.74) is 0. The summed E-state index contributed by atoms with van der Waals surface area (Å²) in [6.45, 7) is 2.23. The summed E-state index contributed by atoms with van der Waals surface area (Å²) in [6.07, 6.45) is -0.618. The van der Waals surface area contributed by atoms with Crippen molar-refractivity contribution in [1.82, 2.24) is 5.32 Å². The molecule has 2 aromatic carbocycles. The van der Waals surface area contributed by atoms with Gasteiger partial charge in [-0.3, -0.25) is 4.79 Å². The third kappa shape index (κ3) is 5.41. The van der Waals surface area contributed by atoms with Crippen molar-refractivity contribution in [2.24, 2.45) is 0 Å². The maximum Gasteiger partial charge on any atom is 0.260 e. The maximum atomic E-state index is 12.8. The number of halogens is 1. The van der Waals surface area contributed by atoms with E-state index < -0.39 is 6.10 Å². The van der Waals surface area contributed by atoms with E-state index in [0.29, 0.717) is 12.3 Å². The second kappa shape index (κ2) is 8.44. The van der Waals surface area contributed by atoms with Crippen LogP contribution in [0.4, 0.5) is 4.39 Å². The van der Waals surface area contributed by atoms with Gasteiger partial charge in [0.05, 0.1) is 0 Å². The Labute approximate surface area is 133 Å². The fraction of sp³-hybridized carbons (Fsp3) is 0.235. The molecular weight excluding hydrogens is 301 g/mol. The highest BCUT2D eigenvalue weighted by Crippen LogP contribution is 2.16. The van der Waals surface area contributed by atoms with Gasteiger partial charge in [-0.2, -0.15) is 0 Å². The van der Waals surface area contributed by atoms with E-state index in [0.717, 1.165) is 5.75 Å². The Kier molecular flexibility index (Phi) is 6.27. The lowest BCUT2D eigenvalue weighted by Gasteiger charge is -2.14. The number of amides is 1. The zero-order chi connectivity index (χ0) is 15.8. The van der Waals surface area contributed by atoms with Crippen LogP contribution in [-0.4, -0.2) is 24.3 Å². The van der Waals surface area contributed by atoms with E-state index >= 15 is 0 Å². The Morgan fingerprint density at radius 2 is 1.86 bits per heavy atom. The lowest BCUT2D eigenvalue weighted by atomic mass is 10.3. The molecule has 0 fully saturated rings. The number of ether oxygens (including phenoxy) is 1. The Hall–Kier alpha value is -2.01. The molecule has 2 aromatic rings. The topological polar surface area (TPSA) is 38.3 Å². The van der Waals surface area contributed by atoms with Gasteiger partial charge in [-0.1, -0.05) is 18.2 Å². The molecule has 0 heterocycles. The van der Waals surface area contributed by atoms with Crippen molar-refractivity contribution in [2.75, 3.05) is 12.3 Å². The zero-order valence-electron chi connectivity index (χ0n) is 12.3. The lowest BCUT2D eigenvalue weighted by molar-refractivity contribution is -0.127. The van der Waals surface area contributed by atoms with E-state index in [1.54, 1.807) is 18.7 Å². The molecule has 22 heavy (non-hydrogen) atoms. The molecular formula is C17H18FNO2S.